The van der Waals surface area contributed by atoms with Crippen LogP contribution in [0.3, 0.4) is 0 Å². The average Bonchev–Trinajstić information content (AvgIpc) is 3.48. The zero-order chi connectivity index (χ0) is 29.5. The fourth-order valence-electron chi connectivity index (χ4n) is 5.52. The number of carbonyl (C=O) groups is 2. The summed E-state index contributed by atoms with van der Waals surface area (Å²) in [6.07, 6.45) is 0. The van der Waals surface area contributed by atoms with Gasteiger partial charge in [0.15, 0.2) is 4.80 Å². The van der Waals surface area contributed by atoms with Crippen LogP contribution in [0.15, 0.2) is 92.6 Å². The van der Waals surface area contributed by atoms with Crippen LogP contribution < -0.4 is 24.5 Å². The summed E-state index contributed by atoms with van der Waals surface area (Å²) < 4.78 is 13.8. The van der Waals surface area contributed by atoms with Crippen molar-refractivity contribution in [1.82, 2.24) is 4.57 Å². The molecule has 3 aromatic carbocycles. The molecule has 2 aliphatic heterocycles. The quantitative estimate of drug-likeness (QED) is 0.290. The van der Waals surface area contributed by atoms with Gasteiger partial charge in [-0.05, 0) is 38.1 Å². The summed E-state index contributed by atoms with van der Waals surface area (Å²) in [6.45, 7) is 4.23. The first kappa shape index (κ1) is 27.9. The van der Waals surface area contributed by atoms with Crippen molar-refractivity contribution in [3.63, 3.8) is 0 Å². The molecule has 0 saturated heterocycles. The monoisotopic (exact) mass is 643 g/mol. The van der Waals surface area contributed by atoms with Crippen LogP contribution in [0, 0.1) is 0 Å². The molecule has 8 nitrogen and oxygen atoms in total. The van der Waals surface area contributed by atoms with Gasteiger partial charge in [0.05, 0.1) is 36.2 Å². The Hall–Kier alpha value is -4.28. The molecule has 1 aromatic heterocycles. The minimum atomic E-state index is -0.939. The molecule has 2 aliphatic rings. The van der Waals surface area contributed by atoms with E-state index < -0.39 is 17.6 Å². The molecule has 3 heterocycles. The number of ether oxygens (including phenoxy) is 2. The van der Waals surface area contributed by atoms with Gasteiger partial charge in [-0.2, -0.15) is 0 Å². The second-order valence-corrected chi connectivity index (χ2v) is 11.5. The Kier molecular flexibility index (Phi) is 7.42. The van der Waals surface area contributed by atoms with Crippen LogP contribution in [-0.4, -0.2) is 36.7 Å². The Labute approximate surface area is 254 Å². The Morgan fingerprint density at radius 3 is 2.48 bits per heavy atom. The molecule has 0 aliphatic carbocycles. The number of halogens is 1. The van der Waals surface area contributed by atoms with Crippen molar-refractivity contribution in [2.24, 2.45) is 4.99 Å². The van der Waals surface area contributed by atoms with Gasteiger partial charge in [0.1, 0.15) is 16.3 Å². The molecule has 1 atom stereocenters. The van der Waals surface area contributed by atoms with Crippen LogP contribution in [0.25, 0.3) is 11.3 Å². The molecule has 4 aromatic rings. The van der Waals surface area contributed by atoms with Gasteiger partial charge < -0.3 is 14.4 Å². The highest BCUT2D eigenvalue weighted by atomic mass is 79.9. The summed E-state index contributed by atoms with van der Waals surface area (Å²) in [5, 5.41) is 0. The minimum Gasteiger partial charge on any atom is -0.496 e. The number of thiazole rings is 1. The molecular weight excluding hydrogens is 618 g/mol. The first-order valence-electron chi connectivity index (χ1n) is 13.4. The van der Waals surface area contributed by atoms with Gasteiger partial charge in [-0.15, -0.1) is 0 Å². The molecule has 0 N–H and O–H groups in total. The number of aromatic nitrogens is 1. The van der Waals surface area contributed by atoms with Gasteiger partial charge in [-0.3, -0.25) is 14.2 Å². The summed E-state index contributed by atoms with van der Waals surface area (Å²) in [5.74, 6) is -0.352. The topological polar surface area (TPSA) is 90.2 Å². The number of benzene rings is 3. The number of esters is 1. The Bertz CT molecular complexity index is 1960. The zero-order valence-corrected chi connectivity index (χ0v) is 25.5. The Morgan fingerprint density at radius 2 is 1.76 bits per heavy atom. The number of nitrogens with zero attached hydrogens (tertiary/aromatic N) is 3. The first-order chi connectivity index (χ1) is 20.4. The summed E-state index contributed by atoms with van der Waals surface area (Å²) in [7, 11) is 1.54. The standard InChI is InChI=1S/C32H26BrN3O5S/c1-4-35-22-14-10-9-13-20(22)24(29(35)37)28-30(38)36-27(21-17-19(33)15-16-23(21)40-3)25(31(39)41-5-2)26(34-32(36)42-28)18-11-7-6-8-12-18/h6-17,27H,4-5H2,1-3H3/b28-24-/t27-/m0/s1. The molecule has 212 valence electrons. The predicted octanol–water partition coefficient (Wildman–Crippen LogP) is 4.44. The lowest BCUT2D eigenvalue weighted by Crippen LogP contribution is -2.41. The van der Waals surface area contributed by atoms with Crippen LogP contribution in [0.5, 0.6) is 5.75 Å². The zero-order valence-electron chi connectivity index (χ0n) is 23.1. The van der Waals surface area contributed by atoms with E-state index in [1.165, 1.54) is 11.7 Å². The lowest BCUT2D eigenvalue weighted by molar-refractivity contribution is -0.138. The summed E-state index contributed by atoms with van der Waals surface area (Å²) in [4.78, 5) is 48.9. The number of hydrogen-bond acceptors (Lipinski definition) is 7. The van der Waals surface area contributed by atoms with Gasteiger partial charge in [0.2, 0.25) is 0 Å². The maximum atomic E-state index is 14.5. The number of methoxy groups -OCH3 is 1. The van der Waals surface area contributed by atoms with E-state index in [0.29, 0.717) is 45.1 Å². The minimum absolute atomic E-state index is 0.138. The SMILES string of the molecule is CCOC(=O)C1=C(c2ccccc2)N=c2s/c(=C3\C(=O)N(CC)c4ccccc43)c(=O)n2[C@H]1c1cc(Br)ccc1OC. The molecule has 0 radical (unpaired) electrons. The first-order valence-corrected chi connectivity index (χ1v) is 15.1. The van der Waals surface area contributed by atoms with E-state index in [1.54, 1.807) is 17.9 Å². The van der Waals surface area contributed by atoms with Crippen molar-refractivity contribution >= 4 is 56.1 Å². The van der Waals surface area contributed by atoms with Gasteiger partial charge in [-0.1, -0.05) is 75.8 Å². The molecule has 42 heavy (non-hydrogen) atoms. The lowest BCUT2D eigenvalue weighted by atomic mass is 9.92. The van der Waals surface area contributed by atoms with Gasteiger partial charge in [0.25, 0.3) is 11.5 Å². The molecule has 0 spiro atoms. The molecule has 0 unspecified atom stereocenters. The van der Waals surface area contributed by atoms with E-state index in [4.69, 9.17) is 14.5 Å². The average molecular weight is 645 g/mol. The number of hydrogen-bond donors (Lipinski definition) is 0. The molecule has 0 bridgehead atoms. The number of carbonyl (C=O) groups excluding carboxylic acids is 2. The molecule has 10 heteroatoms. The summed E-state index contributed by atoms with van der Waals surface area (Å²) in [5.41, 5.74) is 3.23. The number of amides is 1. The molecule has 6 rings (SSSR count). The van der Waals surface area contributed by atoms with E-state index in [-0.39, 0.29) is 22.6 Å². The number of anilines is 1. The van der Waals surface area contributed by atoms with Crippen molar-refractivity contribution in [1.29, 1.82) is 0 Å². The lowest BCUT2D eigenvalue weighted by Gasteiger charge is -2.27. The highest BCUT2D eigenvalue weighted by Gasteiger charge is 2.39. The third-order valence-corrected chi connectivity index (χ3v) is 8.85. The van der Waals surface area contributed by atoms with Crippen LogP contribution in [0.1, 0.15) is 36.6 Å². The van der Waals surface area contributed by atoms with E-state index in [9.17, 15) is 14.4 Å². The van der Waals surface area contributed by atoms with E-state index in [0.717, 1.165) is 21.5 Å². The van der Waals surface area contributed by atoms with E-state index >= 15 is 0 Å². The third-order valence-electron chi connectivity index (χ3n) is 7.30. The molecular formula is C32H26BrN3O5S. The van der Waals surface area contributed by atoms with Crippen LogP contribution in [-0.2, 0) is 14.3 Å². The van der Waals surface area contributed by atoms with Crippen molar-refractivity contribution in [2.75, 3.05) is 25.2 Å². The fourth-order valence-corrected chi connectivity index (χ4v) is 6.99. The van der Waals surface area contributed by atoms with Crippen molar-refractivity contribution in [3.8, 4) is 5.75 Å². The number of para-hydroxylation sites is 1. The van der Waals surface area contributed by atoms with Crippen LogP contribution in [0.2, 0.25) is 0 Å². The largest absolute Gasteiger partial charge is 0.496 e. The highest BCUT2D eigenvalue weighted by Crippen LogP contribution is 2.40. The van der Waals surface area contributed by atoms with Crippen molar-refractivity contribution in [3.05, 3.63) is 119 Å². The van der Waals surface area contributed by atoms with Gasteiger partial charge in [0, 0.05) is 27.7 Å². The molecule has 0 saturated carbocycles. The number of rotatable bonds is 6. The summed E-state index contributed by atoms with van der Waals surface area (Å²) >= 11 is 4.69. The van der Waals surface area contributed by atoms with Gasteiger partial charge >= 0.3 is 5.97 Å². The number of likely N-dealkylation sites (N-methyl/N-ethyl adjacent to an activating group) is 1. The van der Waals surface area contributed by atoms with Crippen LogP contribution in [0.4, 0.5) is 5.69 Å². The maximum Gasteiger partial charge on any atom is 0.338 e. The van der Waals surface area contributed by atoms with Gasteiger partial charge in [-0.25, -0.2) is 9.79 Å². The van der Waals surface area contributed by atoms with E-state index in [1.807, 2.05) is 73.7 Å². The summed E-state index contributed by atoms with van der Waals surface area (Å²) in [6, 6.07) is 21.3. The molecule has 0 fully saturated rings. The van der Waals surface area contributed by atoms with Crippen molar-refractivity contribution < 1.29 is 19.1 Å². The predicted molar refractivity (Wildman–Crippen MR) is 165 cm³/mol. The second kappa shape index (κ2) is 11.2. The normalized spacial score (nSPS) is 17.1. The molecule has 1 amide bonds. The Balaban J connectivity index is 1.76. The number of fused-ring (bicyclic) bond motifs is 2. The second-order valence-electron chi connectivity index (χ2n) is 9.58. The van der Waals surface area contributed by atoms with Crippen molar-refractivity contribution in [2.45, 2.75) is 19.9 Å². The van der Waals surface area contributed by atoms with E-state index in [2.05, 4.69) is 15.9 Å². The Morgan fingerprint density at radius 1 is 1.02 bits per heavy atom. The fraction of sp³-hybridized carbons (Fsp3) is 0.188. The smallest absolute Gasteiger partial charge is 0.338 e. The maximum absolute atomic E-state index is 14.5. The third kappa shape index (κ3) is 4.42. The van der Waals surface area contributed by atoms with Crippen LogP contribution >= 0.6 is 27.3 Å². The highest BCUT2D eigenvalue weighted by molar-refractivity contribution is 9.10.